The van der Waals surface area contributed by atoms with Crippen molar-refractivity contribution in [2.75, 3.05) is 0 Å². The molecule has 36 heavy (non-hydrogen) atoms. The van der Waals surface area contributed by atoms with Gasteiger partial charge in [-0.25, -0.2) is 0 Å². The molecule has 0 bridgehead atoms. The maximum absolute atomic E-state index is 12.4. The van der Waals surface area contributed by atoms with Gasteiger partial charge in [-0.3, -0.25) is 4.79 Å². The second kappa shape index (κ2) is 13.7. The van der Waals surface area contributed by atoms with Gasteiger partial charge in [-0.05, 0) is 59.7 Å². The first-order chi connectivity index (χ1) is 17.8. The third kappa shape index (κ3) is 8.28. The van der Waals surface area contributed by atoms with Crippen LogP contribution in [0.25, 0.3) is 6.08 Å². The van der Waals surface area contributed by atoms with Crippen LogP contribution >= 0.6 is 0 Å². The fourth-order valence-electron chi connectivity index (χ4n) is 3.88. The molecule has 0 radical (unpaired) electrons. The molecule has 4 rings (SSSR count). The predicted molar refractivity (Wildman–Crippen MR) is 146 cm³/mol. The van der Waals surface area contributed by atoms with Crippen molar-refractivity contribution in [3.05, 3.63) is 138 Å². The van der Waals surface area contributed by atoms with Crippen LogP contribution in [0.4, 0.5) is 0 Å². The third-order valence-corrected chi connectivity index (χ3v) is 5.89. The van der Waals surface area contributed by atoms with Crippen molar-refractivity contribution >= 4 is 11.9 Å². The van der Waals surface area contributed by atoms with Gasteiger partial charge >= 0.3 is 0 Å². The molecule has 3 nitrogen and oxygen atoms in total. The molecule has 0 saturated heterocycles. The fraction of sp³-hybridized carbons (Fsp3) is 0.182. The van der Waals surface area contributed by atoms with E-state index in [1.807, 2.05) is 91.0 Å². The van der Waals surface area contributed by atoms with Gasteiger partial charge < -0.3 is 9.47 Å². The van der Waals surface area contributed by atoms with Crippen molar-refractivity contribution in [1.29, 1.82) is 0 Å². The van der Waals surface area contributed by atoms with E-state index in [0.29, 0.717) is 31.1 Å². The number of hydrogen-bond donors (Lipinski definition) is 0. The van der Waals surface area contributed by atoms with Gasteiger partial charge in [0.05, 0.1) is 0 Å². The smallest absolute Gasteiger partial charge is 0.162 e. The van der Waals surface area contributed by atoms with E-state index in [4.69, 9.17) is 9.47 Å². The molecule has 0 N–H and O–H groups in total. The summed E-state index contributed by atoms with van der Waals surface area (Å²) >= 11 is 0. The van der Waals surface area contributed by atoms with E-state index in [9.17, 15) is 4.79 Å². The Bertz CT molecular complexity index is 1230. The lowest BCUT2D eigenvalue weighted by Crippen LogP contribution is -2.01. The number of benzene rings is 4. The van der Waals surface area contributed by atoms with Gasteiger partial charge in [0.2, 0.25) is 0 Å². The largest absolute Gasteiger partial charge is 0.485 e. The zero-order valence-corrected chi connectivity index (χ0v) is 20.5. The van der Waals surface area contributed by atoms with Gasteiger partial charge in [0.15, 0.2) is 17.3 Å². The van der Waals surface area contributed by atoms with Gasteiger partial charge in [0.25, 0.3) is 0 Å². The van der Waals surface area contributed by atoms with E-state index in [2.05, 4.69) is 24.3 Å². The molecule has 0 saturated carbocycles. The van der Waals surface area contributed by atoms with E-state index in [1.54, 1.807) is 6.08 Å². The molecule has 0 amide bonds. The molecule has 4 aromatic carbocycles. The Hall–Kier alpha value is -4.11. The number of carbonyl (C=O) groups is 1. The lowest BCUT2D eigenvalue weighted by Gasteiger charge is -2.14. The summed E-state index contributed by atoms with van der Waals surface area (Å²) in [4.78, 5) is 12.4. The Morgan fingerprint density at radius 3 is 1.78 bits per heavy atom. The average Bonchev–Trinajstić information content (AvgIpc) is 2.94. The summed E-state index contributed by atoms with van der Waals surface area (Å²) in [6, 6.07) is 36.3. The van der Waals surface area contributed by atoms with Gasteiger partial charge in [-0.1, -0.05) is 103 Å². The minimum absolute atomic E-state index is 0.138. The lowest BCUT2D eigenvalue weighted by atomic mass is 10.1. The first kappa shape index (κ1) is 25.0. The highest BCUT2D eigenvalue weighted by Crippen LogP contribution is 2.30. The summed E-state index contributed by atoms with van der Waals surface area (Å²) < 4.78 is 12.2. The Morgan fingerprint density at radius 1 is 0.611 bits per heavy atom. The van der Waals surface area contributed by atoms with Gasteiger partial charge in [0.1, 0.15) is 13.2 Å². The summed E-state index contributed by atoms with van der Waals surface area (Å²) in [5.41, 5.74) is 4.40. The molecule has 3 heteroatoms. The molecule has 0 fully saturated rings. The van der Waals surface area contributed by atoms with Crippen molar-refractivity contribution in [2.24, 2.45) is 0 Å². The van der Waals surface area contributed by atoms with Crippen LogP contribution in [0.5, 0.6) is 11.5 Å². The number of aryl methyl sites for hydroxylation is 1. The summed E-state index contributed by atoms with van der Waals surface area (Å²) in [6.45, 7) is 0.898. The highest BCUT2D eigenvalue weighted by Gasteiger charge is 2.08. The number of hydrogen-bond acceptors (Lipinski definition) is 3. The zero-order chi connectivity index (χ0) is 24.8. The normalized spacial score (nSPS) is 10.9. The summed E-state index contributed by atoms with van der Waals surface area (Å²) in [7, 11) is 0. The van der Waals surface area contributed by atoms with Crippen molar-refractivity contribution < 1.29 is 14.3 Å². The molecule has 0 heterocycles. The molecule has 4 aromatic rings. The SMILES string of the molecule is O=C(/C=C/c1ccc(OCc2ccccc2)c(OCc2ccccc2)c1)CCCCc1ccccc1. The number of carbonyl (C=O) groups excluding carboxylic acids is 1. The molecule has 0 aliphatic heterocycles. The standard InChI is InChI=1S/C33H32O3/c34-31(19-11-10-14-27-12-4-1-5-13-27)22-20-28-21-23-32(35-25-29-15-6-2-7-16-29)33(24-28)36-26-30-17-8-3-9-18-30/h1-9,12-13,15-18,20-24H,10-11,14,19,25-26H2/b22-20+. The topological polar surface area (TPSA) is 35.5 Å². The molecule has 0 aliphatic carbocycles. The van der Waals surface area contributed by atoms with E-state index < -0.39 is 0 Å². The van der Waals surface area contributed by atoms with Gasteiger partial charge in [-0.2, -0.15) is 0 Å². The molecular formula is C33H32O3. The monoisotopic (exact) mass is 476 g/mol. The Morgan fingerprint density at radius 2 is 1.17 bits per heavy atom. The minimum Gasteiger partial charge on any atom is -0.485 e. The molecular weight excluding hydrogens is 444 g/mol. The Kier molecular flexibility index (Phi) is 9.51. The number of rotatable bonds is 13. The zero-order valence-electron chi connectivity index (χ0n) is 20.5. The molecule has 0 unspecified atom stereocenters. The Labute approximate surface area is 214 Å². The first-order valence-corrected chi connectivity index (χ1v) is 12.5. The quantitative estimate of drug-likeness (QED) is 0.146. The maximum atomic E-state index is 12.4. The van der Waals surface area contributed by atoms with Crippen LogP contribution < -0.4 is 9.47 Å². The average molecular weight is 477 g/mol. The van der Waals surface area contributed by atoms with Crippen LogP contribution in [0.15, 0.2) is 115 Å². The van der Waals surface area contributed by atoms with Crippen molar-refractivity contribution in [3.63, 3.8) is 0 Å². The van der Waals surface area contributed by atoms with Crippen LogP contribution in [-0.2, 0) is 24.4 Å². The molecule has 0 aliphatic rings. The van der Waals surface area contributed by atoms with E-state index in [-0.39, 0.29) is 5.78 Å². The van der Waals surface area contributed by atoms with Crippen molar-refractivity contribution in [2.45, 2.75) is 38.9 Å². The summed E-state index contributed by atoms with van der Waals surface area (Å²) in [6.07, 6.45) is 6.98. The molecule has 0 spiro atoms. The highest BCUT2D eigenvalue weighted by molar-refractivity contribution is 5.93. The first-order valence-electron chi connectivity index (χ1n) is 12.5. The number of allylic oxidation sites excluding steroid dienone is 1. The number of unbranched alkanes of at least 4 members (excludes halogenated alkanes) is 1. The number of ether oxygens (including phenoxy) is 2. The van der Waals surface area contributed by atoms with E-state index in [1.165, 1.54) is 5.56 Å². The van der Waals surface area contributed by atoms with E-state index in [0.717, 1.165) is 36.0 Å². The Balaban J connectivity index is 1.36. The van der Waals surface area contributed by atoms with E-state index >= 15 is 0 Å². The minimum atomic E-state index is 0.138. The summed E-state index contributed by atoms with van der Waals surface area (Å²) in [5.74, 6) is 1.48. The summed E-state index contributed by atoms with van der Waals surface area (Å²) in [5, 5.41) is 0. The lowest BCUT2D eigenvalue weighted by molar-refractivity contribution is -0.114. The second-order valence-corrected chi connectivity index (χ2v) is 8.75. The van der Waals surface area contributed by atoms with Gasteiger partial charge in [0, 0.05) is 6.42 Å². The third-order valence-electron chi connectivity index (χ3n) is 5.89. The van der Waals surface area contributed by atoms with Crippen LogP contribution in [0.1, 0.15) is 41.5 Å². The van der Waals surface area contributed by atoms with Crippen LogP contribution in [0.3, 0.4) is 0 Å². The van der Waals surface area contributed by atoms with Crippen molar-refractivity contribution in [3.8, 4) is 11.5 Å². The maximum Gasteiger partial charge on any atom is 0.162 e. The predicted octanol–water partition coefficient (Wildman–Crippen LogP) is 7.84. The fourth-order valence-corrected chi connectivity index (χ4v) is 3.88. The van der Waals surface area contributed by atoms with Crippen LogP contribution in [0, 0.1) is 0 Å². The number of ketones is 1. The van der Waals surface area contributed by atoms with Crippen LogP contribution in [-0.4, -0.2) is 5.78 Å². The molecule has 182 valence electrons. The van der Waals surface area contributed by atoms with Crippen molar-refractivity contribution in [1.82, 2.24) is 0 Å². The van der Waals surface area contributed by atoms with Crippen LogP contribution in [0.2, 0.25) is 0 Å². The molecule has 0 atom stereocenters. The van der Waals surface area contributed by atoms with Gasteiger partial charge in [-0.15, -0.1) is 0 Å². The second-order valence-electron chi connectivity index (χ2n) is 8.75. The molecule has 0 aromatic heterocycles. The highest BCUT2D eigenvalue weighted by atomic mass is 16.5.